The van der Waals surface area contributed by atoms with Gasteiger partial charge in [0.2, 0.25) is 10.0 Å². The van der Waals surface area contributed by atoms with E-state index in [1.54, 1.807) is 23.9 Å². The van der Waals surface area contributed by atoms with Crippen molar-refractivity contribution >= 4 is 39.0 Å². The van der Waals surface area contributed by atoms with Crippen LogP contribution in [0.25, 0.3) is 5.57 Å². The molecule has 5 nitrogen and oxygen atoms in total. The van der Waals surface area contributed by atoms with Crippen LogP contribution in [0.5, 0.6) is 0 Å². The number of esters is 1. The second kappa shape index (κ2) is 11.5. The summed E-state index contributed by atoms with van der Waals surface area (Å²) in [5, 5.41) is 2.22. The van der Waals surface area contributed by atoms with Crippen molar-refractivity contribution in [2.75, 3.05) is 11.0 Å². The summed E-state index contributed by atoms with van der Waals surface area (Å²) in [4.78, 5) is 14.1. The molecule has 0 saturated carbocycles. The number of carbonyl (C=O) groups excluding carboxylic acids is 1. The van der Waals surface area contributed by atoms with Crippen LogP contribution in [0.4, 0.5) is 5.69 Å². The first-order chi connectivity index (χ1) is 16.4. The number of rotatable bonds is 8. The Morgan fingerprint density at radius 2 is 1.71 bits per heavy atom. The molecule has 0 aromatic heterocycles. The molecular formula is C28H35NO4S2. The van der Waals surface area contributed by atoms with Crippen molar-refractivity contribution in [3.8, 4) is 0 Å². The highest BCUT2D eigenvalue weighted by Gasteiger charge is 2.26. The van der Waals surface area contributed by atoms with Crippen LogP contribution >= 0.6 is 11.8 Å². The van der Waals surface area contributed by atoms with Crippen molar-refractivity contribution in [3.63, 3.8) is 0 Å². The van der Waals surface area contributed by atoms with Gasteiger partial charge in [0.15, 0.2) is 0 Å². The fourth-order valence-corrected chi connectivity index (χ4v) is 5.85. The Balaban J connectivity index is 1.86. The predicted molar refractivity (Wildman–Crippen MR) is 147 cm³/mol. The van der Waals surface area contributed by atoms with Gasteiger partial charge in [-0.25, -0.2) is 8.42 Å². The zero-order chi connectivity index (χ0) is 25.6. The average Bonchev–Trinajstić information content (AvgIpc) is 2.94. The van der Waals surface area contributed by atoms with Gasteiger partial charge in [0.25, 0.3) is 0 Å². The fourth-order valence-electron chi connectivity index (χ4n) is 4.10. The maximum Gasteiger partial charge on any atom is 0.306 e. The Kier molecular flexibility index (Phi) is 8.89. The number of sulfonamides is 1. The first-order valence-electron chi connectivity index (χ1n) is 11.8. The normalized spacial score (nSPS) is 15.7. The summed E-state index contributed by atoms with van der Waals surface area (Å²) in [5.41, 5.74) is 4.84. The van der Waals surface area contributed by atoms with Gasteiger partial charge in [0, 0.05) is 11.6 Å². The molecule has 1 unspecified atom stereocenters. The van der Waals surface area contributed by atoms with Gasteiger partial charge in [-0.05, 0) is 86.1 Å². The number of thioether (sulfide) groups is 1. The molecule has 35 heavy (non-hydrogen) atoms. The molecule has 0 radical (unpaired) electrons. The van der Waals surface area contributed by atoms with E-state index in [0.29, 0.717) is 12.1 Å². The standard InChI is InChI=1S/C28H35NO4S2/c1-20-11-14-23(22-9-7-6-8-10-22)19-34-27(20)24(18-26(30)33-28(2,3)4)17-21-12-15-25(16-13-21)29-35(5,31)32/h6-10,12-13,15-16,19,24,29H,11,14,17-18H2,1-5H3. The van der Waals surface area contributed by atoms with Gasteiger partial charge in [-0.2, -0.15) is 0 Å². The third kappa shape index (κ3) is 8.89. The second-order valence-corrected chi connectivity index (χ2v) is 12.7. The number of hydrogen-bond acceptors (Lipinski definition) is 5. The van der Waals surface area contributed by atoms with Crippen LogP contribution in [0.3, 0.4) is 0 Å². The Morgan fingerprint density at radius 3 is 2.31 bits per heavy atom. The maximum atomic E-state index is 12.8. The van der Waals surface area contributed by atoms with Gasteiger partial charge in [-0.3, -0.25) is 9.52 Å². The third-order valence-electron chi connectivity index (χ3n) is 5.61. The first-order valence-corrected chi connectivity index (χ1v) is 14.6. The van der Waals surface area contributed by atoms with Crippen molar-refractivity contribution < 1.29 is 17.9 Å². The minimum Gasteiger partial charge on any atom is -0.460 e. The van der Waals surface area contributed by atoms with E-state index in [1.165, 1.54) is 21.6 Å². The summed E-state index contributed by atoms with van der Waals surface area (Å²) < 4.78 is 31.2. The zero-order valence-corrected chi connectivity index (χ0v) is 22.8. The Hall–Kier alpha value is -2.51. The molecule has 1 heterocycles. The Morgan fingerprint density at radius 1 is 1.06 bits per heavy atom. The molecule has 7 heteroatoms. The topological polar surface area (TPSA) is 72.5 Å². The molecule has 3 rings (SSSR count). The van der Waals surface area contributed by atoms with E-state index >= 15 is 0 Å². The first kappa shape index (κ1) is 27.1. The third-order valence-corrected chi connectivity index (χ3v) is 7.55. The van der Waals surface area contributed by atoms with E-state index in [-0.39, 0.29) is 18.3 Å². The summed E-state index contributed by atoms with van der Waals surface area (Å²) in [5.74, 6) is -0.245. The van der Waals surface area contributed by atoms with Crippen LogP contribution in [0, 0.1) is 5.92 Å². The quantitative estimate of drug-likeness (QED) is 0.394. The molecule has 1 atom stereocenters. The largest absolute Gasteiger partial charge is 0.460 e. The highest BCUT2D eigenvalue weighted by molar-refractivity contribution is 8.06. The molecule has 1 aliphatic rings. The van der Waals surface area contributed by atoms with Crippen LogP contribution in [0.2, 0.25) is 0 Å². The SMILES string of the molecule is CC1=C(C(CC(=O)OC(C)(C)C)Cc2ccc(NS(C)(=O)=O)cc2)SC=C(c2ccccc2)CC1. The van der Waals surface area contributed by atoms with Gasteiger partial charge in [-0.1, -0.05) is 48.0 Å². The van der Waals surface area contributed by atoms with Crippen LogP contribution in [-0.4, -0.2) is 26.2 Å². The molecule has 2 aromatic rings. The maximum absolute atomic E-state index is 12.8. The molecule has 2 aromatic carbocycles. The second-order valence-electron chi connectivity index (χ2n) is 10.0. The number of carbonyl (C=O) groups is 1. The van der Waals surface area contributed by atoms with Crippen molar-refractivity contribution in [2.45, 2.75) is 59.0 Å². The van der Waals surface area contributed by atoms with Crippen LogP contribution < -0.4 is 4.72 Å². The van der Waals surface area contributed by atoms with E-state index in [1.807, 2.05) is 39.0 Å². The fraction of sp³-hybridized carbons (Fsp3) is 0.393. The minimum absolute atomic E-state index is 0.0325. The monoisotopic (exact) mass is 513 g/mol. The molecular weight excluding hydrogens is 478 g/mol. The lowest BCUT2D eigenvalue weighted by atomic mass is 9.91. The Bertz CT molecular complexity index is 1190. The lowest BCUT2D eigenvalue weighted by molar-refractivity contribution is -0.155. The van der Waals surface area contributed by atoms with E-state index in [9.17, 15) is 13.2 Å². The molecule has 0 fully saturated rings. The molecule has 188 valence electrons. The van der Waals surface area contributed by atoms with Gasteiger partial charge in [0.1, 0.15) is 5.60 Å². The summed E-state index contributed by atoms with van der Waals surface area (Å²) in [6.45, 7) is 7.80. The number of nitrogens with one attached hydrogen (secondary N) is 1. The van der Waals surface area contributed by atoms with E-state index in [2.05, 4.69) is 41.3 Å². The van der Waals surface area contributed by atoms with Crippen LogP contribution in [0.1, 0.15) is 58.1 Å². The number of allylic oxidation sites excluding steroid dienone is 3. The van der Waals surface area contributed by atoms with Crippen molar-refractivity contribution in [1.82, 2.24) is 0 Å². The number of ether oxygens (including phenoxy) is 1. The number of anilines is 1. The van der Waals surface area contributed by atoms with Crippen molar-refractivity contribution in [3.05, 3.63) is 81.6 Å². The molecule has 0 aliphatic carbocycles. The van der Waals surface area contributed by atoms with Crippen molar-refractivity contribution in [1.29, 1.82) is 0 Å². The minimum atomic E-state index is -3.33. The molecule has 0 spiro atoms. The van der Waals surface area contributed by atoms with Gasteiger partial charge in [0.05, 0.1) is 12.7 Å². The molecule has 1 aliphatic heterocycles. The van der Waals surface area contributed by atoms with E-state index in [0.717, 1.165) is 24.7 Å². The average molecular weight is 514 g/mol. The van der Waals surface area contributed by atoms with E-state index < -0.39 is 15.6 Å². The molecule has 0 amide bonds. The van der Waals surface area contributed by atoms with E-state index in [4.69, 9.17) is 4.74 Å². The predicted octanol–water partition coefficient (Wildman–Crippen LogP) is 6.79. The lowest BCUT2D eigenvalue weighted by Crippen LogP contribution is -2.26. The van der Waals surface area contributed by atoms with Crippen LogP contribution in [0.15, 0.2) is 70.5 Å². The van der Waals surface area contributed by atoms with Gasteiger partial charge >= 0.3 is 5.97 Å². The number of benzene rings is 2. The van der Waals surface area contributed by atoms with Crippen LogP contribution in [-0.2, 0) is 26.0 Å². The summed E-state index contributed by atoms with van der Waals surface area (Å²) >= 11 is 1.71. The van der Waals surface area contributed by atoms with Gasteiger partial charge in [-0.15, -0.1) is 11.8 Å². The molecule has 0 saturated heterocycles. The Labute approximate surface area is 214 Å². The summed E-state index contributed by atoms with van der Waals surface area (Å²) in [6.07, 6.45) is 3.97. The van der Waals surface area contributed by atoms with Crippen molar-refractivity contribution in [2.24, 2.45) is 5.92 Å². The zero-order valence-electron chi connectivity index (χ0n) is 21.1. The molecule has 0 bridgehead atoms. The smallest absolute Gasteiger partial charge is 0.306 e. The summed E-state index contributed by atoms with van der Waals surface area (Å²) in [7, 11) is -3.33. The highest BCUT2D eigenvalue weighted by atomic mass is 32.2. The highest BCUT2D eigenvalue weighted by Crippen LogP contribution is 2.41. The molecule has 1 N–H and O–H groups in total. The lowest BCUT2D eigenvalue weighted by Gasteiger charge is -2.24. The summed E-state index contributed by atoms with van der Waals surface area (Å²) in [6, 6.07) is 17.8. The number of hydrogen-bond donors (Lipinski definition) is 1. The van der Waals surface area contributed by atoms with Gasteiger partial charge < -0.3 is 4.74 Å².